The third-order valence-corrected chi connectivity index (χ3v) is 6.36. The smallest absolute Gasteiger partial charge is 0.287 e. The highest BCUT2D eigenvalue weighted by atomic mass is 16.5. The second-order valence-electron chi connectivity index (χ2n) is 9.41. The number of carbonyl (C=O) groups is 2. The van der Waals surface area contributed by atoms with Crippen molar-refractivity contribution < 1.29 is 18.7 Å². The SMILES string of the molecule is CC(C)NC(=O)c1ccc(COc2ccc3c(c2)[C@@H](c2ccccc2)N(C(=O)C2CC2)CC3)o1. The predicted molar refractivity (Wildman–Crippen MR) is 129 cm³/mol. The van der Waals surface area contributed by atoms with Crippen molar-refractivity contribution in [3.05, 3.63) is 88.9 Å². The predicted octanol–water partition coefficient (Wildman–Crippen LogP) is 4.88. The van der Waals surface area contributed by atoms with Gasteiger partial charge in [0, 0.05) is 18.5 Å². The second-order valence-corrected chi connectivity index (χ2v) is 9.41. The van der Waals surface area contributed by atoms with Gasteiger partial charge < -0.3 is 19.4 Å². The lowest BCUT2D eigenvalue weighted by molar-refractivity contribution is -0.134. The maximum Gasteiger partial charge on any atom is 0.287 e. The lowest BCUT2D eigenvalue weighted by Crippen LogP contribution is -2.41. The van der Waals surface area contributed by atoms with Crippen molar-refractivity contribution in [2.24, 2.45) is 5.92 Å². The molecular formula is C28H30N2O4. The summed E-state index contributed by atoms with van der Waals surface area (Å²) in [6, 6.07) is 19.7. The Morgan fingerprint density at radius 1 is 1.09 bits per heavy atom. The minimum Gasteiger partial charge on any atom is -0.486 e. The van der Waals surface area contributed by atoms with Crippen LogP contribution in [0.4, 0.5) is 0 Å². The van der Waals surface area contributed by atoms with Crippen LogP contribution in [-0.2, 0) is 17.8 Å². The molecule has 176 valence electrons. The van der Waals surface area contributed by atoms with Crippen LogP contribution in [0, 0.1) is 5.92 Å². The molecular weight excluding hydrogens is 428 g/mol. The van der Waals surface area contributed by atoms with Crippen molar-refractivity contribution in [2.45, 2.75) is 51.8 Å². The Morgan fingerprint density at radius 2 is 1.88 bits per heavy atom. The van der Waals surface area contributed by atoms with Gasteiger partial charge in [-0.25, -0.2) is 0 Å². The number of nitrogens with one attached hydrogen (secondary N) is 1. The number of fused-ring (bicyclic) bond motifs is 1. The molecule has 5 rings (SSSR count). The Labute approximate surface area is 199 Å². The molecule has 2 aliphatic rings. The van der Waals surface area contributed by atoms with Gasteiger partial charge in [-0.15, -0.1) is 0 Å². The quantitative estimate of drug-likeness (QED) is 0.548. The highest BCUT2D eigenvalue weighted by Gasteiger charge is 2.39. The van der Waals surface area contributed by atoms with E-state index in [0.29, 0.717) is 11.5 Å². The number of benzene rings is 2. The van der Waals surface area contributed by atoms with Crippen LogP contribution in [0.15, 0.2) is 65.1 Å². The number of furan rings is 1. The lowest BCUT2D eigenvalue weighted by Gasteiger charge is -2.38. The zero-order chi connectivity index (χ0) is 23.7. The van der Waals surface area contributed by atoms with Gasteiger partial charge in [-0.2, -0.15) is 0 Å². The number of hydrogen-bond acceptors (Lipinski definition) is 4. The van der Waals surface area contributed by atoms with E-state index in [1.807, 2.05) is 43.0 Å². The molecule has 0 unspecified atom stereocenters. The number of ether oxygens (including phenoxy) is 1. The minimum absolute atomic E-state index is 0.0386. The van der Waals surface area contributed by atoms with E-state index in [-0.39, 0.29) is 42.2 Å². The van der Waals surface area contributed by atoms with Gasteiger partial charge in [-0.05, 0) is 74.1 Å². The van der Waals surface area contributed by atoms with Gasteiger partial charge in [0.1, 0.15) is 18.1 Å². The van der Waals surface area contributed by atoms with Crippen LogP contribution in [0.2, 0.25) is 0 Å². The van der Waals surface area contributed by atoms with Crippen LogP contribution >= 0.6 is 0 Å². The van der Waals surface area contributed by atoms with Crippen LogP contribution in [0.25, 0.3) is 0 Å². The molecule has 6 heteroatoms. The zero-order valence-corrected chi connectivity index (χ0v) is 19.6. The normalized spacial score (nSPS) is 17.4. The maximum atomic E-state index is 13.1. The molecule has 1 aromatic heterocycles. The first-order chi connectivity index (χ1) is 16.5. The Hall–Kier alpha value is -3.54. The molecule has 2 aromatic carbocycles. The van der Waals surface area contributed by atoms with Gasteiger partial charge >= 0.3 is 0 Å². The summed E-state index contributed by atoms with van der Waals surface area (Å²) in [6.07, 6.45) is 2.82. The molecule has 0 saturated heterocycles. The van der Waals surface area contributed by atoms with Crippen molar-refractivity contribution in [1.29, 1.82) is 0 Å². The third-order valence-electron chi connectivity index (χ3n) is 6.36. The number of hydrogen-bond donors (Lipinski definition) is 1. The molecule has 1 aliphatic heterocycles. The lowest BCUT2D eigenvalue weighted by atomic mass is 9.87. The van der Waals surface area contributed by atoms with Gasteiger partial charge in [0.05, 0.1) is 6.04 Å². The molecule has 0 spiro atoms. The van der Waals surface area contributed by atoms with Gasteiger partial charge in [0.15, 0.2) is 5.76 Å². The Balaban J connectivity index is 1.37. The molecule has 0 bridgehead atoms. The summed E-state index contributed by atoms with van der Waals surface area (Å²) in [5, 5.41) is 2.82. The summed E-state index contributed by atoms with van der Waals surface area (Å²) in [7, 11) is 0. The van der Waals surface area contributed by atoms with E-state index < -0.39 is 0 Å². The van der Waals surface area contributed by atoms with Crippen molar-refractivity contribution in [2.75, 3.05) is 6.54 Å². The van der Waals surface area contributed by atoms with Crippen LogP contribution in [0.5, 0.6) is 5.75 Å². The number of carbonyl (C=O) groups excluding carboxylic acids is 2. The van der Waals surface area contributed by atoms with Crippen molar-refractivity contribution in [3.8, 4) is 5.75 Å². The average molecular weight is 459 g/mol. The summed E-state index contributed by atoms with van der Waals surface area (Å²) in [6.45, 7) is 4.76. The highest BCUT2D eigenvalue weighted by molar-refractivity contribution is 5.91. The first kappa shape index (κ1) is 22.3. The highest BCUT2D eigenvalue weighted by Crippen LogP contribution is 2.41. The number of rotatable bonds is 7. The van der Waals surface area contributed by atoms with Crippen LogP contribution in [0.3, 0.4) is 0 Å². The Morgan fingerprint density at radius 3 is 2.62 bits per heavy atom. The van der Waals surface area contributed by atoms with E-state index in [9.17, 15) is 9.59 Å². The Kier molecular flexibility index (Phi) is 6.14. The monoisotopic (exact) mass is 458 g/mol. The molecule has 2 heterocycles. The maximum absolute atomic E-state index is 13.1. The van der Waals surface area contributed by atoms with Gasteiger partial charge in [-0.1, -0.05) is 36.4 Å². The summed E-state index contributed by atoms with van der Waals surface area (Å²) in [5.74, 6) is 1.76. The van der Waals surface area contributed by atoms with Gasteiger partial charge in [-0.3, -0.25) is 9.59 Å². The molecule has 0 radical (unpaired) electrons. The minimum atomic E-state index is -0.235. The van der Waals surface area contributed by atoms with E-state index in [2.05, 4.69) is 29.6 Å². The fourth-order valence-corrected chi connectivity index (χ4v) is 4.55. The zero-order valence-electron chi connectivity index (χ0n) is 19.6. The number of nitrogens with zero attached hydrogens (tertiary/aromatic N) is 1. The standard InChI is InChI=1S/C28H30N2O4/c1-18(2)29-27(31)25-13-12-23(34-25)17-33-22-11-10-19-14-15-30(28(32)21-8-9-21)26(24(19)16-22)20-6-4-3-5-7-20/h3-7,10-13,16,18,21,26H,8-9,14-15,17H2,1-2H3,(H,29,31)/t26-/m1/s1. The van der Waals surface area contributed by atoms with E-state index in [4.69, 9.17) is 9.15 Å². The average Bonchev–Trinajstić information content (AvgIpc) is 3.58. The molecule has 1 atom stereocenters. The molecule has 1 saturated carbocycles. The molecule has 1 N–H and O–H groups in total. The largest absolute Gasteiger partial charge is 0.486 e. The molecule has 34 heavy (non-hydrogen) atoms. The van der Waals surface area contributed by atoms with Crippen LogP contribution in [-0.4, -0.2) is 29.3 Å². The molecule has 2 amide bonds. The van der Waals surface area contributed by atoms with Crippen LogP contribution < -0.4 is 10.1 Å². The summed E-state index contributed by atoms with van der Waals surface area (Å²) in [5.41, 5.74) is 3.47. The van der Waals surface area contributed by atoms with E-state index >= 15 is 0 Å². The van der Waals surface area contributed by atoms with Gasteiger partial charge in [0.25, 0.3) is 5.91 Å². The summed E-state index contributed by atoms with van der Waals surface area (Å²) >= 11 is 0. The summed E-state index contributed by atoms with van der Waals surface area (Å²) in [4.78, 5) is 27.3. The molecule has 1 aliphatic carbocycles. The van der Waals surface area contributed by atoms with Crippen molar-refractivity contribution in [3.63, 3.8) is 0 Å². The van der Waals surface area contributed by atoms with E-state index in [1.165, 1.54) is 5.56 Å². The van der Waals surface area contributed by atoms with Crippen LogP contribution in [0.1, 0.15) is 65.7 Å². The summed E-state index contributed by atoms with van der Waals surface area (Å²) < 4.78 is 11.7. The third kappa shape index (κ3) is 4.72. The second kappa shape index (κ2) is 9.37. The van der Waals surface area contributed by atoms with E-state index in [0.717, 1.165) is 36.9 Å². The molecule has 1 fully saturated rings. The fraction of sp³-hybridized carbons (Fsp3) is 0.357. The van der Waals surface area contributed by atoms with E-state index in [1.54, 1.807) is 12.1 Å². The number of amides is 2. The molecule has 6 nitrogen and oxygen atoms in total. The van der Waals surface area contributed by atoms with Crippen molar-refractivity contribution >= 4 is 11.8 Å². The van der Waals surface area contributed by atoms with Crippen molar-refractivity contribution in [1.82, 2.24) is 10.2 Å². The topological polar surface area (TPSA) is 71.8 Å². The fourth-order valence-electron chi connectivity index (χ4n) is 4.55. The first-order valence-electron chi connectivity index (χ1n) is 12.0. The molecule has 3 aromatic rings. The van der Waals surface area contributed by atoms with Gasteiger partial charge in [0.2, 0.25) is 5.91 Å². The Bertz CT molecular complexity index is 1180. The first-order valence-corrected chi connectivity index (χ1v) is 12.0.